The van der Waals surface area contributed by atoms with Gasteiger partial charge in [-0.3, -0.25) is 0 Å². The summed E-state index contributed by atoms with van der Waals surface area (Å²) in [6, 6.07) is 17.1. The first-order chi connectivity index (χ1) is 9.26. The molecule has 0 spiro atoms. The maximum Gasteiger partial charge on any atom is 0.126 e. The van der Waals surface area contributed by atoms with E-state index in [1.807, 2.05) is 18.2 Å². The molecule has 2 aromatic rings. The molecule has 100 valence electrons. The minimum atomic E-state index is 0.386. The number of hydrogen-bond acceptors (Lipinski definition) is 2. The molecule has 2 aromatic carbocycles. The van der Waals surface area contributed by atoms with Gasteiger partial charge in [-0.05, 0) is 30.7 Å². The number of methoxy groups -OCH3 is 1. The van der Waals surface area contributed by atoms with Gasteiger partial charge in [-0.1, -0.05) is 49.4 Å². The molecule has 0 bridgehead atoms. The smallest absolute Gasteiger partial charge is 0.126 e. The van der Waals surface area contributed by atoms with Gasteiger partial charge in [0.2, 0.25) is 0 Å². The Morgan fingerprint density at radius 3 is 2.37 bits per heavy atom. The van der Waals surface area contributed by atoms with Crippen molar-refractivity contribution in [3.05, 3.63) is 54.1 Å². The number of ether oxygens (including phenoxy) is 1. The van der Waals surface area contributed by atoms with Crippen LogP contribution in [0.15, 0.2) is 48.5 Å². The van der Waals surface area contributed by atoms with E-state index in [1.54, 1.807) is 7.11 Å². The lowest BCUT2D eigenvalue weighted by Crippen LogP contribution is -2.17. The second-order valence-electron chi connectivity index (χ2n) is 4.60. The van der Waals surface area contributed by atoms with Gasteiger partial charge in [0, 0.05) is 11.6 Å². The van der Waals surface area contributed by atoms with Gasteiger partial charge in [-0.15, -0.1) is 0 Å². The van der Waals surface area contributed by atoms with Gasteiger partial charge in [0.15, 0.2) is 0 Å². The van der Waals surface area contributed by atoms with E-state index in [0.717, 1.165) is 17.9 Å². The molecule has 0 amide bonds. The van der Waals surface area contributed by atoms with Crippen molar-refractivity contribution in [3.63, 3.8) is 0 Å². The fourth-order valence-corrected chi connectivity index (χ4v) is 2.26. The Bertz CT molecular complexity index is 519. The third-order valence-corrected chi connectivity index (χ3v) is 3.34. The molecule has 0 saturated heterocycles. The van der Waals surface area contributed by atoms with E-state index in [0.29, 0.717) is 6.04 Å². The lowest BCUT2D eigenvalue weighted by molar-refractivity contribution is 0.416. The van der Waals surface area contributed by atoms with Crippen LogP contribution in [0.2, 0.25) is 0 Å². The van der Waals surface area contributed by atoms with Gasteiger partial charge in [0.1, 0.15) is 5.75 Å². The highest BCUT2D eigenvalue weighted by Crippen LogP contribution is 2.30. The third-order valence-electron chi connectivity index (χ3n) is 3.34. The first kappa shape index (κ1) is 13.6. The van der Waals surface area contributed by atoms with Crippen molar-refractivity contribution in [3.8, 4) is 16.9 Å². The summed E-state index contributed by atoms with van der Waals surface area (Å²) in [5.74, 6) is 0.912. The normalized spacial score (nSPS) is 12.2. The molecule has 0 aromatic heterocycles. The first-order valence-corrected chi connectivity index (χ1v) is 6.73. The highest BCUT2D eigenvalue weighted by molar-refractivity contribution is 5.70. The fraction of sp³-hybridized carbons (Fsp3) is 0.294. The summed E-state index contributed by atoms with van der Waals surface area (Å²) in [6.45, 7) is 5.29. The van der Waals surface area contributed by atoms with Gasteiger partial charge < -0.3 is 10.1 Å². The molecule has 0 aliphatic carbocycles. The topological polar surface area (TPSA) is 21.3 Å². The van der Waals surface area contributed by atoms with Crippen LogP contribution in [0.3, 0.4) is 0 Å². The molecule has 19 heavy (non-hydrogen) atoms. The Balaban J connectivity index is 2.27. The van der Waals surface area contributed by atoms with E-state index in [-0.39, 0.29) is 0 Å². The van der Waals surface area contributed by atoms with Gasteiger partial charge in [-0.25, -0.2) is 0 Å². The second-order valence-corrected chi connectivity index (χ2v) is 4.60. The van der Waals surface area contributed by atoms with Gasteiger partial charge in [0.25, 0.3) is 0 Å². The summed E-state index contributed by atoms with van der Waals surface area (Å²) in [6.07, 6.45) is 0. The molecular formula is C17H21NO. The molecule has 2 rings (SSSR count). The molecule has 1 unspecified atom stereocenters. The summed E-state index contributed by atoms with van der Waals surface area (Å²) >= 11 is 0. The van der Waals surface area contributed by atoms with Crippen molar-refractivity contribution in [1.29, 1.82) is 0 Å². The zero-order valence-corrected chi connectivity index (χ0v) is 11.8. The maximum absolute atomic E-state index is 5.40. The highest BCUT2D eigenvalue weighted by atomic mass is 16.5. The van der Waals surface area contributed by atoms with Crippen LogP contribution in [-0.4, -0.2) is 13.7 Å². The minimum absolute atomic E-state index is 0.386. The molecule has 0 aliphatic rings. The van der Waals surface area contributed by atoms with E-state index in [4.69, 9.17) is 4.74 Å². The number of rotatable bonds is 5. The molecule has 0 heterocycles. The van der Waals surface area contributed by atoms with Crippen LogP contribution in [0.4, 0.5) is 0 Å². The van der Waals surface area contributed by atoms with Crippen molar-refractivity contribution in [2.45, 2.75) is 19.9 Å². The van der Waals surface area contributed by atoms with Crippen molar-refractivity contribution in [2.75, 3.05) is 13.7 Å². The fourth-order valence-electron chi connectivity index (χ4n) is 2.26. The second kappa shape index (κ2) is 6.39. The van der Waals surface area contributed by atoms with E-state index in [2.05, 4.69) is 49.5 Å². The monoisotopic (exact) mass is 255 g/mol. The Labute approximate surface area is 115 Å². The number of para-hydroxylation sites is 1. The maximum atomic E-state index is 5.40. The molecule has 0 radical (unpaired) electrons. The van der Waals surface area contributed by atoms with Crippen molar-refractivity contribution < 1.29 is 4.74 Å². The van der Waals surface area contributed by atoms with Crippen LogP contribution in [0.1, 0.15) is 25.5 Å². The minimum Gasteiger partial charge on any atom is -0.496 e. The van der Waals surface area contributed by atoms with E-state index in [1.165, 1.54) is 11.1 Å². The quantitative estimate of drug-likeness (QED) is 0.871. The lowest BCUT2D eigenvalue weighted by Gasteiger charge is -2.14. The standard InChI is InChI=1S/C17H21NO/c1-4-18-13(2)14-9-11-15(12-10-14)16-7-5-6-8-17(16)19-3/h5-13,18H,4H2,1-3H3. The van der Waals surface area contributed by atoms with Crippen molar-refractivity contribution in [2.24, 2.45) is 0 Å². The van der Waals surface area contributed by atoms with Crippen LogP contribution in [0.5, 0.6) is 5.75 Å². The molecule has 0 aliphatic heterocycles. The SMILES string of the molecule is CCNC(C)c1ccc(-c2ccccc2OC)cc1. The summed E-state index contributed by atoms with van der Waals surface area (Å²) in [7, 11) is 1.71. The van der Waals surface area contributed by atoms with Crippen LogP contribution in [-0.2, 0) is 0 Å². The zero-order chi connectivity index (χ0) is 13.7. The van der Waals surface area contributed by atoms with Crippen molar-refractivity contribution in [1.82, 2.24) is 5.32 Å². The zero-order valence-electron chi connectivity index (χ0n) is 11.8. The van der Waals surface area contributed by atoms with Crippen LogP contribution < -0.4 is 10.1 Å². The Kier molecular flexibility index (Phi) is 4.58. The van der Waals surface area contributed by atoms with E-state index in [9.17, 15) is 0 Å². The number of hydrogen-bond donors (Lipinski definition) is 1. The third kappa shape index (κ3) is 3.15. The van der Waals surface area contributed by atoms with E-state index < -0.39 is 0 Å². The van der Waals surface area contributed by atoms with Crippen LogP contribution in [0, 0.1) is 0 Å². The average molecular weight is 255 g/mol. The predicted molar refractivity (Wildman–Crippen MR) is 80.5 cm³/mol. The Morgan fingerprint density at radius 2 is 1.74 bits per heavy atom. The molecule has 1 atom stereocenters. The summed E-state index contributed by atoms with van der Waals surface area (Å²) < 4.78 is 5.40. The average Bonchev–Trinajstić information content (AvgIpc) is 2.47. The van der Waals surface area contributed by atoms with Gasteiger partial charge >= 0.3 is 0 Å². The predicted octanol–water partition coefficient (Wildman–Crippen LogP) is 4.03. The summed E-state index contributed by atoms with van der Waals surface area (Å²) in [4.78, 5) is 0. The summed E-state index contributed by atoms with van der Waals surface area (Å²) in [5.41, 5.74) is 3.62. The summed E-state index contributed by atoms with van der Waals surface area (Å²) in [5, 5.41) is 3.42. The molecule has 2 heteroatoms. The Morgan fingerprint density at radius 1 is 1.05 bits per heavy atom. The first-order valence-electron chi connectivity index (χ1n) is 6.73. The van der Waals surface area contributed by atoms with Crippen molar-refractivity contribution >= 4 is 0 Å². The molecule has 0 fully saturated rings. The van der Waals surface area contributed by atoms with Crippen LogP contribution >= 0.6 is 0 Å². The molecule has 1 N–H and O–H groups in total. The number of nitrogens with one attached hydrogen (secondary N) is 1. The highest BCUT2D eigenvalue weighted by Gasteiger charge is 2.07. The van der Waals surface area contributed by atoms with Gasteiger partial charge in [0.05, 0.1) is 7.11 Å². The number of benzene rings is 2. The Hall–Kier alpha value is -1.80. The van der Waals surface area contributed by atoms with Crippen LogP contribution in [0.25, 0.3) is 11.1 Å². The van der Waals surface area contributed by atoms with Gasteiger partial charge in [-0.2, -0.15) is 0 Å². The molecule has 0 saturated carbocycles. The largest absolute Gasteiger partial charge is 0.496 e. The lowest BCUT2D eigenvalue weighted by atomic mass is 10.0. The molecule has 2 nitrogen and oxygen atoms in total. The van der Waals surface area contributed by atoms with E-state index >= 15 is 0 Å². The molecular weight excluding hydrogens is 234 g/mol.